The third kappa shape index (κ3) is 3.32. The van der Waals surface area contributed by atoms with Gasteiger partial charge in [0.15, 0.2) is 0 Å². The molecule has 118 valence electrons. The maximum absolute atomic E-state index is 12.6. The van der Waals surface area contributed by atoms with Crippen LogP contribution in [0.4, 0.5) is 13.2 Å². The number of benzene rings is 2. The Morgan fingerprint density at radius 2 is 1.61 bits per heavy atom. The molecule has 2 aromatic carbocycles. The molecule has 0 amide bonds. The number of alkyl halides is 4. The first-order valence-corrected chi connectivity index (χ1v) is 7.99. The molecule has 0 radical (unpaired) electrons. The molecule has 0 N–H and O–H groups in total. The Bertz CT molecular complexity index is 793. The van der Waals surface area contributed by atoms with E-state index in [0.29, 0.717) is 16.6 Å². The van der Waals surface area contributed by atoms with Crippen molar-refractivity contribution in [1.82, 2.24) is 9.78 Å². The lowest BCUT2D eigenvalue weighted by Gasteiger charge is -2.06. The highest BCUT2D eigenvalue weighted by atomic mass is 79.9. The van der Waals surface area contributed by atoms with Crippen LogP contribution in [0.1, 0.15) is 11.3 Å². The van der Waals surface area contributed by atoms with Gasteiger partial charge in [-0.2, -0.15) is 18.3 Å². The summed E-state index contributed by atoms with van der Waals surface area (Å²) in [7, 11) is 0. The molecule has 23 heavy (non-hydrogen) atoms. The van der Waals surface area contributed by atoms with Gasteiger partial charge >= 0.3 is 6.18 Å². The quantitative estimate of drug-likeness (QED) is 0.552. The predicted molar refractivity (Wildman–Crippen MR) is 86.6 cm³/mol. The van der Waals surface area contributed by atoms with E-state index in [1.54, 1.807) is 4.68 Å². The summed E-state index contributed by atoms with van der Waals surface area (Å²) >= 11 is 3.42. The Hall–Kier alpha value is -2.08. The lowest BCUT2D eigenvalue weighted by atomic mass is 10.1. The number of hydrogen-bond acceptors (Lipinski definition) is 1. The molecule has 0 aliphatic heterocycles. The maximum atomic E-state index is 12.6. The zero-order valence-corrected chi connectivity index (χ0v) is 13.5. The van der Waals surface area contributed by atoms with Crippen LogP contribution in [0.25, 0.3) is 16.9 Å². The van der Waals surface area contributed by atoms with Gasteiger partial charge in [-0.1, -0.05) is 46.3 Å². The molecule has 3 rings (SSSR count). The Kier molecular flexibility index (Phi) is 4.26. The normalized spacial score (nSPS) is 11.7. The highest BCUT2D eigenvalue weighted by Crippen LogP contribution is 2.31. The number of hydrogen-bond donors (Lipinski definition) is 0. The van der Waals surface area contributed by atoms with Crippen molar-refractivity contribution >= 4 is 15.9 Å². The molecule has 3 aromatic rings. The molecule has 0 fully saturated rings. The second-order valence-corrected chi connectivity index (χ2v) is 5.54. The predicted octanol–water partition coefficient (Wildman–Crippen LogP) is 5.45. The number of nitrogens with zero attached hydrogens (tertiary/aromatic N) is 2. The van der Waals surface area contributed by atoms with Gasteiger partial charge in [0, 0.05) is 10.9 Å². The van der Waals surface area contributed by atoms with Crippen LogP contribution < -0.4 is 0 Å². The molecule has 0 aliphatic rings. The molecule has 6 heteroatoms. The fourth-order valence-electron chi connectivity index (χ4n) is 2.28. The van der Waals surface area contributed by atoms with E-state index in [9.17, 15) is 13.2 Å². The molecule has 0 aliphatic carbocycles. The monoisotopic (exact) mass is 380 g/mol. The SMILES string of the molecule is FC(F)(F)c1ccc(-c2cc(CBr)n(-c3ccccc3)n2)cc1. The van der Waals surface area contributed by atoms with E-state index in [1.165, 1.54) is 12.1 Å². The van der Waals surface area contributed by atoms with Crippen LogP contribution in [0.2, 0.25) is 0 Å². The zero-order valence-electron chi connectivity index (χ0n) is 11.9. The van der Waals surface area contributed by atoms with E-state index in [4.69, 9.17) is 0 Å². The maximum Gasteiger partial charge on any atom is 0.416 e. The molecule has 1 heterocycles. The van der Waals surface area contributed by atoms with Crippen molar-refractivity contribution in [3.05, 3.63) is 71.9 Å². The lowest BCUT2D eigenvalue weighted by molar-refractivity contribution is -0.137. The first kappa shape index (κ1) is 15.8. The average Bonchev–Trinajstić information content (AvgIpc) is 2.99. The summed E-state index contributed by atoms with van der Waals surface area (Å²) in [4.78, 5) is 0. The van der Waals surface area contributed by atoms with Gasteiger partial charge in [-0.05, 0) is 30.3 Å². The number of halogens is 4. The summed E-state index contributed by atoms with van der Waals surface area (Å²) in [6, 6.07) is 16.5. The van der Waals surface area contributed by atoms with E-state index in [0.717, 1.165) is 23.5 Å². The molecule has 0 unspecified atom stereocenters. The fourth-order valence-corrected chi connectivity index (χ4v) is 2.68. The van der Waals surface area contributed by atoms with Gasteiger partial charge in [-0.15, -0.1) is 0 Å². The Morgan fingerprint density at radius 3 is 2.17 bits per heavy atom. The summed E-state index contributed by atoms with van der Waals surface area (Å²) in [6.45, 7) is 0. The van der Waals surface area contributed by atoms with Crippen molar-refractivity contribution in [1.29, 1.82) is 0 Å². The first-order chi connectivity index (χ1) is 11.0. The minimum atomic E-state index is -4.33. The molecule has 1 aromatic heterocycles. The van der Waals surface area contributed by atoms with Gasteiger partial charge in [0.2, 0.25) is 0 Å². The molecular weight excluding hydrogens is 369 g/mol. The van der Waals surface area contributed by atoms with Crippen LogP contribution in [0.15, 0.2) is 60.7 Å². The van der Waals surface area contributed by atoms with Crippen molar-refractivity contribution in [2.24, 2.45) is 0 Å². The summed E-state index contributed by atoms with van der Waals surface area (Å²) < 4.78 is 39.7. The van der Waals surface area contributed by atoms with Crippen LogP contribution in [0, 0.1) is 0 Å². The highest BCUT2D eigenvalue weighted by Gasteiger charge is 2.30. The van der Waals surface area contributed by atoms with Crippen molar-refractivity contribution in [2.45, 2.75) is 11.5 Å². The largest absolute Gasteiger partial charge is 0.416 e. The van der Waals surface area contributed by atoms with Crippen molar-refractivity contribution in [3.63, 3.8) is 0 Å². The van der Waals surface area contributed by atoms with Gasteiger partial charge in [0.1, 0.15) is 0 Å². The van der Waals surface area contributed by atoms with Gasteiger partial charge in [0.25, 0.3) is 0 Å². The third-order valence-electron chi connectivity index (χ3n) is 3.43. The first-order valence-electron chi connectivity index (χ1n) is 6.87. The number of para-hydroxylation sites is 1. The Balaban J connectivity index is 2.00. The minimum absolute atomic E-state index is 0.593. The number of aromatic nitrogens is 2. The van der Waals surface area contributed by atoms with E-state index in [-0.39, 0.29) is 0 Å². The van der Waals surface area contributed by atoms with Gasteiger partial charge < -0.3 is 0 Å². The highest BCUT2D eigenvalue weighted by molar-refractivity contribution is 9.08. The smallest absolute Gasteiger partial charge is 0.236 e. The average molecular weight is 381 g/mol. The minimum Gasteiger partial charge on any atom is -0.236 e. The zero-order chi connectivity index (χ0) is 16.4. The Morgan fingerprint density at radius 1 is 0.957 bits per heavy atom. The number of rotatable bonds is 3. The van der Waals surface area contributed by atoms with E-state index in [1.807, 2.05) is 36.4 Å². The second kappa shape index (κ2) is 6.20. The van der Waals surface area contributed by atoms with Crippen LogP contribution in [-0.4, -0.2) is 9.78 Å². The summed E-state index contributed by atoms with van der Waals surface area (Å²) in [6.07, 6.45) is -4.33. The molecule has 0 bridgehead atoms. The van der Waals surface area contributed by atoms with Crippen LogP contribution in [0.5, 0.6) is 0 Å². The third-order valence-corrected chi connectivity index (χ3v) is 4.00. The standard InChI is InChI=1S/C17H12BrF3N2/c18-11-15-10-16(22-23(15)14-4-2-1-3-5-14)12-6-8-13(9-7-12)17(19,20)21/h1-10H,11H2. The summed E-state index contributed by atoms with van der Waals surface area (Å²) in [5.41, 5.74) is 2.45. The van der Waals surface area contributed by atoms with Crippen LogP contribution in [-0.2, 0) is 11.5 Å². The van der Waals surface area contributed by atoms with E-state index < -0.39 is 11.7 Å². The lowest BCUT2D eigenvalue weighted by Crippen LogP contribution is -2.04. The summed E-state index contributed by atoms with van der Waals surface area (Å²) in [5.74, 6) is 0. The van der Waals surface area contributed by atoms with Gasteiger partial charge in [-0.3, -0.25) is 0 Å². The van der Waals surface area contributed by atoms with Gasteiger partial charge in [0.05, 0.1) is 22.6 Å². The van der Waals surface area contributed by atoms with Crippen LogP contribution >= 0.6 is 15.9 Å². The van der Waals surface area contributed by atoms with Crippen molar-refractivity contribution in [3.8, 4) is 16.9 Å². The van der Waals surface area contributed by atoms with Gasteiger partial charge in [-0.25, -0.2) is 4.68 Å². The summed E-state index contributed by atoms with van der Waals surface area (Å²) in [5, 5.41) is 5.11. The molecule has 0 saturated carbocycles. The Labute approximate surface area is 139 Å². The van der Waals surface area contributed by atoms with Crippen molar-refractivity contribution < 1.29 is 13.2 Å². The van der Waals surface area contributed by atoms with Crippen LogP contribution in [0.3, 0.4) is 0 Å². The van der Waals surface area contributed by atoms with Crippen molar-refractivity contribution in [2.75, 3.05) is 0 Å². The molecule has 0 saturated heterocycles. The molecule has 0 atom stereocenters. The second-order valence-electron chi connectivity index (χ2n) is 4.98. The topological polar surface area (TPSA) is 17.8 Å². The van der Waals surface area contributed by atoms with E-state index in [2.05, 4.69) is 21.0 Å². The molecule has 2 nitrogen and oxygen atoms in total. The molecular formula is C17H12BrF3N2. The fraction of sp³-hybridized carbons (Fsp3) is 0.118. The van der Waals surface area contributed by atoms with E-state index >= 15 is 0 Å². The molecule has 0 spiro atoms.